The number of aromatic nitrogens is 2. The van der Waals surface area contributed by atoms with Gasteiger partial charge in [-0.3, -0.25) is 0 Å². The minimum absolute atomic E-state index is 0.212. The minimum atomic E-state index is -0.975. The zero-order valence-corrected chi connectivity index (χ0v) is 21.5. The average Bonchev–Trinajstić information content (AvgIpc) is 3.36. The number of fused-ring (bicyclic) bond motifs is 2. The van der Waals surface area contributed by atoms with Crippen molar-refractivity contribution in [2.24, 2.45) is 0 Å². The fraction of sp³-hybridized carbons (Fsp3) is 0.226. The lowest BCUT2D eigenvalue weighted by Gasteiger charge is -2.29. The Morgan fingerprint density at radius 2 is 1.74 bits per heavy atom. The Balaban J connectivity index is 1.23. The third-order valence-electron chi connectivity index (χ3n) is 7.10. The molecule has 39 heavy (non-hydrogen) atoms. The molecule has 0 radical (unpaired) electrons. The number of benzene rings is 3. The number of nitrogens with one attached hydrogen (secondary N) is 2. The van der Waals surface area contributed by atoms with Crippen LogP contribution in [-0.4, -0.2) is 54.0 Å². The van der Waals surface area contributed by atoms with Gasteiger partial charge in [0.25, 0.3) is 0 Å². The van der Waals surface area contributed by atoms with Crippen molar-refractivity contribution in [2.45, 2.75) is 12.8 Å². The van der Waals surface area contributed by atoms with Crippen LogP contribution in [0.2, 0.25) is 0 Å². The molecule has 198 valence electrons. The van der Waals surface area contributed by atoms with Gasteiger partial charge in [-0.15, -0.1) is 0 Å². The molecule has 3 N–H and O–H groups in total. The van der Waals surface area contributed by atoms with Crippen LogP contribution in [0.25, 0.3) is 21.7 Å². The Morgan fingerprint density at radius 3 is 2.62 bits per heavy atom. The number of nitrogens with zero attached hydrogens (tertiary/aromatic N) is 2. The molecule has 0 aliphatic carbocycles. The second-order valence-corrected chi connectivity index (χ2v) is 9.54. The highest BCUT2D eigenvalue weighted by molar-refractivity contribution is 6.02. The van der Waals surface area contributed by atoms with E-state index in [0.717, 1.165) is 63.3 Å². The van der Waals surface area contributed by atoms with E-state index in [1.54, 1.807) is 6.20 Å². The smallest absolute Gasteiger partial charge is 0.352 e. The number of hydrogen-bond acceptors (Lipinski definition) is 6. The van der Waals surface area contributed by atoms with Gasteiger partial charge in [0.2, 0.25) is 0 Å². The Bertz CT molecular complexity index is 1620. The van der Waals surface area contributed by atoms with E-state index in [1.165, 1.54) is 0 Å². The number of hydrogen-bond donors (Lipinski definition) is 3. The van der Waals surface area contributed by atoms with Gasteiger partial charge in [0, 0.05) is 30.1 Å². The van der Waals surface area contributed by atoms with Gasteiger partial charge < -0.3 is 29.8 Å². The summed E-state index contributed by atoms with van der Waals surface area (Å²) in [4.78, 5) is 22.2. The summed E-state index contributed by atoms with van der Waals surface area (Å²) in [6.07, 6.45) is 3.03. The molecule has 1 aliphatic rings. The number of ether oxygens (including phenoxy) is 2. The van der Waals surface area contributed by atoms with Crippen molar-refractivity contribution in [3.63, 3.8) is 0 Å². The lowest BCUT2D eigenvalue weighted by atomic mass is 10.0. The number of pyridine rings is 1. The molecule has 3 aromatic carbocycles. The molecule has 0 atom stereocenters. The summed E-state index contributed by atoms with van der Waals surface area (Å²) in [5.41, 5.74) is 3.42. The number of aromatic amines is 1. The Morgan fingerprint density at radius 1 is 0.974 bits per heavy atom. The van der Waals surface area contributed by atoms with E-state index in [1.807, 2.05) is 60.7 Å². The number of anilines is 3. The average molecular weight is 523 g/mol. The first-order valence-electron chi connectivity index (χ1n) is 13.2. The minimum Gasteiger partial charge on any atom is -0.493 e. The largest absolute Gasteiger partial charge is 0.493 e. The SMILES string of the molecule is O=C(O)c1[nH]c2c(Nc3cccnc3N3CCOCC3)cccc2c1CCCOc1cccc2ccccc12. The number of rotatable bonds is 9. The molecule has 1 fully saturated rings. The number of morpholine rings is 1. The third kappa shape index (κ3) is 5.11. The summed E-state index contributed by atoms with van der Waals surface area (Å²) in [5, 5.41) is 16.6. The Labute approximate surface area is 226 Å². The van der Waals surface area contributed by atoms with Crippen LogP contribution in [0.4, 0.5) is 17.2 Å². The zero-order chi connectivity index (χ0) is 26.6. The third-order valence-corrected chi connectivity index (χ3v) is 7.10. The molecule has 0 unspecified atom stereocenters. The van der Waals surface area contributed by atoms with Gasteiger partial charge in [0.1, 0.15) is 11.4 Å². The summed E-state index contributed by atoms with van der Waals surface area (Å²) in [6, 6.07) is 23.9. The predicted octanol–water partition coefficient (Wildman–Crippen LogP) is 6.01. The van der Waals surface area contributed by atoms with Crippen molar-refractivity contribution in [2.75, 3.05) is 43.1 Å². The van der Waals surface area contributed by atoms with Crippen LogP contribution >= 0.6 is 0 Å². The van der Waals surface area contributed by atoms with Crippen molar-refractivity contribution in [3.8, 4) is 5.75 Å². The zero-order valence-electron chi connectivity index (χ0n) is 21.5. The van der Waals surface area contributed by atoms with Crippen molar-refractivity contribution in [1.29, 1.82) is 0 Å². The normalized spacial score (nSPS) is 13.6. The predicted molar refractivity (Wildman–Crippen MR) is 154 cm³/mol. The van der Waals surface area contributed by atoms with E-state index in [9.17, 15) is 9.90 Å². The summed E-state index contributed by atoms with van der Waals surface area (Å²) in [5.74, 6) is 0.718. The number of carboxylic acids is 1. The summed E-state index contributed by atoms with van der Waals surface area (Å²) in [6.45, 7) is 3.35. The highest BCUT2D eigenvalue weighted by Gasteiger charge is 2.20. The maximum atomic E-state index is 12.2. The van der Waals surface area contributed by atoms with E-state index in [0.29, 0.717) is 32.7 Å². The molecular weight excluding hydrogens is 492 g/mol. The maximum Gasteiger partial charge on any atom is 0.352 e. The Hall–Kier alpha value is -4.56. The van der Waals surface area contributed by atoms with Crippen LogP contribution in [0.3, 0.4) is 0 Å². The van der Waals surface area contributed by atoms with Crippen molar-refractivity contribution in [1.82, 2.24) is 9.97 Å². The molecule has 0 saturated carbocycles. The molecule has 2 aromatic heterocycles. The molecule has 0 amide bonds. The first kappa shape index (κ1) is 24.8. The maximum absolute atomic E-state index is 12.2. The van der Waals surface area contributed by atoms with Crippen LogP contribution in [0.5, 0.6) is 5.75 Å². The standard InChI is InChI=1S/C31H30N4O4/c36-31(37)29-24(11-6-18-39-27-14-3-8-21-7-1-2-9-22(21)27)23-10-4-12-25(28(23)34-29)33-26-13-5-15-32-30(26)35-16-19-38-20-17-35/h1-5,7-10,12-15,33-34H,6,11,16-20H2,(H,36,37). The number of H-pyrrole nitrogens is 1. The fourth-order valence-corrected chi connectivity index (χ4v) is 5.24. The van der Waals surface area contributed by atoms with Crippen LogP contribution in [0.1, 0.15) is 22.5 Å². The van der Waals surface area contributed by atoms with E-state index in [2.05, 4.69) is 32.3 Å². The van der Waals surface area contributed by atoms with Crippen LogP contribution < -0.4 is 15.0 Å². The van der Waals surface area contributed by atoms with Crippen molar-refractivity contribution in [3.05, 3.63) is 90.3 Å². The van der Waals surface area contributed by atoms with Gasteiger partial charge >= 0.3 is 5.97 Å². The van der Waals surface area contributed by atoms with Gasteiger partial charge in [-0.2, -0.15) is 0 Å². The molecule has 3 heterocycles. The number of para-hydroxylation sites is 1. The quantitative estimate of drug-likeness (QED) is 0.204. The van der Waals surface area contributed by atoms with E-state index < -0.39 is 5.97 Å². The van der Waals surface area contributed by atoms with Crippen LogP contribution in [-0.2, 0) is 11.2 Å². The van der Waals surface area contributed by atoms with Crippen LogP contribution in [0.15, 0.2) is 79.0 Å². The van der Waals surface area contributed by atoms with Crippen molar-refractivity contribution >= 4 is 44.8 Å². The molecule has 1 saturated heterocycles. The molecule has 8 nitrogen and oxygen atoms in total. The van der Waals surface area contributed by atoms with Crippen LogP contribution in [0, 0.1) is 0 Å². The lowest BCUT2D eigenvalue weighted by molar-refractivity contribution is 0.0690. The number of aromatic carboxylic acids is 1. The van der Waals surface area contributed by atoms with Gasteiger partial charge in [-0.25, -0.2) is 9.78 Å². The van der Waals surface area contributed by atoms with Gasteiger partial charge in [0.15, 0.2) is 5.82 Å². The fourth-order valence-electron chi connectivity index (χ4n) is 5.24. The summed E-state index contributed by atoms with van der Waals surface area (Å²) in [7, 11) is 0. The topological polar surface area (TPSA) is 99.7 Å². The first-order valence-corrected chi connectivity index (χ1v) is 13.2. The first-order chi connectivity index (χ1) is 19.2. The van der Waals surface area contributed by atoms with Gasteiger partial charge in [-0.1, -0.05) is 48.5 Å². The molecule has 0 spiro atoms. The molecule has 1 aliphatic heterocycles. The molecule has 8 heteroatoms. The highest BCUT2D eigenvalue weighted by Crippen LogP contribution is 2.34. The molecular formula is C31H30N4O4. The second-order valence-electron chi connectivity index (χ2n) is 9.54. The number of carboxylic acid groups (broad SMARTS) is 1. The van der Waals surface area contributed by atoms with E-state index >= 15 is 0 Å². The second kappa shape index (κ2) is 11.0. The molecule has 5 aromatic rings. The summed E-state index contributed by atoms with van der Waals surface area (Å²) < 4.78 is 11.6. The number of aryl methyl sites for hydroxylation is 1. The Kier molecular flexibility index (Phi) is 7.01. The summed E-state index contributed by atoms with van der Waals surface area (Å²) >= 11 is 0. The highest BCUT2D eigenvalue weighted by atomic mass is 16.5. The van der Waals surface area contributed by atoms with Gasteiger partial charge in [-0.05, 0) is 48.1 Å². The van der Waals surface area contributed by atoms with Crippen molar-refractivity contribution < 1.29 is 19.4 Å². The monoisotopic (exact) mass is 522 g/mol. The van der Waals surface area contributed by atoms with E-state index in [4.69, 9.17) is 9.47 Å². The lowest BCUT2D eigenvalue weighted by Crippen LogP contribution is -2.37. The van der Waals surface area contributed by atoms with Gasteiger partial charge in [0.05, 0.1) is 36.7 Å². The number of carbonyl (C=O) groups is 1. The molecule has 6 rings (SSSR count). The molecule has 0 bridgehead atoms. The van der Waals surface area contributed by atoms with E-state index in [-0.39, 0.29) is 5.69 Å².